The first-order valence-corrected chi connectivity index (χ1v) is 10.1. The molecule has 0 aliphatic heterocycles. The third-order valence-corrected chi connectivity index (χ3v) is 5.13. The number of rotatable bonds is 7. The highest BCUT2D eigenvalue weighted by atomic mass is 16.3. The number of aliphatic hydroxyl groups is 1. The number of hydrogen-bond donors (Lipinski definition) is 3. The maximum absolute atomic E-state index is 12.5. The van der Waals surface area contributed by atoms with Gasteiger partial charge < -0.3 is 20.2 Å². The number of carbonyl (C=O) groups excluding carboxylic acids is 1. The molecule has 1 fully saturated rings. The quantitative estimate of drug-likeness (QED) is 0.552. The van der Waals surface area contributed by atoms with Crippen molar-refractivity contribution in [2.45, 2.75) is 45.2 Å². The average molecular weight is 406 g/mol. The van der Waals surface area contributed by atoms with Crippen LogP contribution in [0.25, 0.3) is 22.6 Å². The average Bonchev–Trinajstić information content (AvgIpc) is 3.37. The van der Waals surface area contributed by atoms with Crippen LogP contribution in [0, 0.1) is 6.92 Å². The zero-order valence-corrected chi connectivity index (χ0v) is 17.4. The van der Waals surface area contributed by atoms with E-state index in [4.69, 9.17) is 4.42 Å². The Morgan fingerprint density at radius 2 is 2.03 bits per heavy atom. The van der Waals surface area contributed by atoms with Crippen LogP contribution in [-0.4, -0.2) is 39.2 Å². The third kappa shape index (κ3) is 4.36. The van der Waals surface area contributed by atoms with Gasteiger partial charge in [-0.15, -0.1) is 0 Å². The van der Waals surface area contributed by atoms with Crippen LogP contribution in [-0.2, 0) is 0 Å². The molecule has 0 radical (unpaired) electrons. The molecule has 2 heterocycles. The van der Waals surface area contributed by atoms with Crippen LogP contribution in [0.3, 0.4) is 0 Å². The van der Waals surface area contributed by atoms with Crippen LogP contribution in [0.4, 0.5) is 5.82 Å². The maximum Gasteiger partial charge on any atom is 0.251 e. The van der Waals surface area contributed by atoms with Crippen molar-refractivity contribution in [1.29, 1.82) is 0 Å². The lowest BCUT2D eigenvalue weighted by molar-refractivity contribution is 0.0951. The zero-order valence-electron chi connectivity index (χ0n) is 17.4. The summed E-state index contributed by atoms with van der Waals surface area (Å²) >= 11 is 0. The van der Waals surface area contributed by atoms with Crippen molar-refractivity contribution < 1.29 is 14.3 Å². The summed E-state index contributed by atoms with van der Waals surface area (Å²) in [6, 6.07) is 7.94. The van der Waals surface area contributed by atoms with Crippen LogP contribution < -0.4 is 10.6 Å². The number of pyridine rings is 1. The molecule has 0 bridgehead atoms. The van der Waals surface area contributed by atoms with Gasteiger partial charge in [-0.25, -0.2) is 9.97 Å². The molecule has 0 saturated heterocycles. The highest BCUT2D eigenvalue weighted by Crippen LogP contribution is 2.33. The highest BCUT2D eigenvalue weighted by molar-refractivity contribution is 5.96. The SMILES string of the molecule is Cc1ccc(C(=O)NC2CC2)cc1-c1cnc(NC(C)(C)CO)c(-c2ncco2)c1. The molecule has 3 N–H and O–H groups in total. The minimum Gasteiger partial charge on any atom is -0.444 e. The predicted molar refractivity (Wildman–Crippen MR) is 115 cm³/mol. The molecule has 1 saturated carbocycles. The number of aliphatic hydroxyl groups excluding tert-OH is 1. The molecule has 156 valence electrons. The van der Waals surface area contributed by atoms with Crippen molar-refractivity contribution in [3.63, 3.8) is 0 Å². The van der Waals surface area contributed by atoms with Crippen molar-refractivity contribution in [1.82, 2.24) is 15.3 Å². The Labute approximate surface area is 175 Å². The van der Waals surface area contributed by atoms with Gasteiger partial charge in [-0.1, -0.05) is 6.07 Å². The van der Waals surface area contributed by atoms with Crippen LogP contribution >= 0.6 is 0 Å². The van der Waals surface area contributed by atoms with E-state index >= 15 is 0 Å². The van der Waals surface area contributed by atoms with E-state index in [2.05, 4.69) is 20.6 Å². The Balaban J connectivity index is 1.74. The lowest BCUT2D eigenvalue weighted by Gasteiger charge is -2.25. The molecule has 1 aromatic carbocycles. The first kappa shape index (κ1) is 20.1. The van der Waals surface area contributed by atoms with E-state index in [0.717, 1.165) is 29.5 Å². The fourth-order valence-corrected chi connectivity index (χ4v) is 3.16. The fraction of sp³-hybridized carbons (Fsp3) is 0.348. The molecule has 7 nitrogen and oxygen atoms in total. The first-order chi connectivity index (χ1) is 14.4. The van der Waals surface area contributed by atoms with Gasteiger partial charge in [0.2, 0.25) is 5.89 Å². The molecule has 1 amide bonds. The normalized spacial score (nSPS) is 13.9. The van der Waals surface area contributed by atoms with Gasteiger partial charge in [0, 0.05) is 23.4 Å². The zero-order chi connectivity index (χ0) is 21.3. The van der Waals surface area contributed by atoms with Crippen LogP contribution in [0.2, 0.25) is 0 Å². The van der Waals surface area contributed by atoms with Gasteiger partial charge in [-0.2, -0.15) is 0 Å². The summed E-state index contributed by atoms with van der Waals surface area (Å²) in [5, 5.41) is 15.9. The largest absolute Gasteiger partial charge is 0.444 e. The van der Waals surface area contributed by atoms with Gasteiger partial charge in [0.15, 0.2) is 0 Å². The Kier molecular flexibility index (Phi) is 5.30. The molecule has 0 spiro atoms. The first-order valence-electron chi connectivity index (χ1n) is 10.1. The molecule has 0 atom stereocenters. The van der Waals surface area contributed by atoms with Crippen LogP contribution in [0.5, 0.6) is 0 Å². The molecule has 7 heteroatoms. The predicted octanol–water partition coefficient (Wildman–Crippen LogP) is 3.79. The Hall–Kier alpha value is -3.19. The van der Waals surface area contributed by atoms with Crippen molar-refractivity contribution >= 4 is 11.7 Å². The van der Waals surface area contributed by atoms with Gasteiger partial charge in [0.1, 0.15) is 12.1 Å². The van der Waals surface area contributed by atoms with Crippen molar-refractivity contribution in [2.24, 2.45) is 0 Å². The number of aromatic nitrogens is 2. The van der Waals surface area contributed by atoms with E-state index in [1.807, 2.05) is 45.0 Å². The Morgan fingerprint density at radius 3 is 2.70 bits per heavy atom. The summed E-state index contributed by atoms with van der Waals surface area (Å²) in [6.45, 7) is 5.71. The summed E-state index contributed by atoms with van der Waals surface area (Å²) in [4.78, 5) is 21.4. The molecular formula is C23H26N4O3. The van der Waals surface area contributed by atoms with Crippen LogP contribution in [0.15, 0.2) is 47.3 Å². The minimum absolute atomic E-state index is 0.0531. The van der Waals surface area contributed by atoms with Crippen molar-refractivity contribution in [3.05, 3.63) is 54.0 Å². The van der Waals surface area contributed by atoms with Crippen molar-refractivity contribution in [3.8, 4) is 22.6 Å². The van der Waals surface area contributed by atoms with E-state index in [1.165, 1.54) is 6.26 Å². The number of nitrogens with one attached hydrogen (secondary N) is 2. The highest BCUT2D eigenvalue weighted by Gasteiger charge is 2.24. The number of benzene rings is 1. The summed E-state index contributed by atoms with van der Waals surface area (Å²) in [5.41, 5.74) is 3.57. The molecule has 2 aromatic heterocycles. The molecule has 4 rings (SSSR count). The summed E-state index contributed by atoms with van der Waals surface area (Å²) in [7, 11) is 0. The number of carbonyl (C=O) groups is 1. The Morgan fingerprint density at radius 1 is 1.23 bits per heavy atom. The topological polar surface area (TPSA) is 100 Å². The number of hydrogen-bond acceptors (Lipinski definition) is 6. The second kappa shape index (κ2) is 7.91. The molecule has 0 unspecified atom stereocenters. The Bertz CT molecular complexity index is 1060. The molecule has 1 aliphatic carbocycles. The molecule has 1 aliphatic rings. The van der Waals surface area contributed by atoms with Gasteiger partial charge in [-0.3, -0.25) is 4.79 Å². The lowest BCUT2D eigenvalue weighted by atomic mass is 9.97. The summed E-state index contributed by atoms with van der Waals surface area (Å²) < 4.78 is 5.52. The number of amides is 1. The van der Waals surface area contributed by atoms with E-state index < -0.39 is 5.54 Å². The van der Waals surface area contributed by atoms with E-state index in [1.54, 1.807) is 12.4 Å². The molecule has 3 aromatic rings. The lowest BCUT2D eigenvalue weighted by Crippen LogP contribution is -2.35. The monoisotopic (exact) mass is 406 g/mol. The van der Waals surface area contributed by atoms with Crippen LogP contribution in [0.1, 0.15) is 42.6 Å². The van der Waals surface area contributed by atoms with Gasteiger partial charge >= 0.3 is 0 Å². The standard InChI is InChI=1S/C23H26N4O3/c1-14-4-5-15(21(29)26-17-6-7-17)10-18(14)16-11-19(22-24-8-9-30-22)20(25-12-16)27-23(2,3)13-28/h4-5,8-12,17,28H,6-7,13H2,1-3H3,(H,25,27)(H,26,29). The smallest absolute Gasteiger partial charge is 0.251 e. The summed E-state index contributed by atoms with van der Waals surface area (Å²) in [5.74, 6) is 0.948. The van der Waals surface area contributed by atoms with E-state index in [9.17, 15) is 9.90 Å². The van der Waals surface area contributed by atoms with E-state index in [0.29, 0.717) is 28.9 Å². The second-order valence-corrected chi connectivity index (χ2v) is 8.40. The number of nitrogens with zero attached hydrogens (tertiary/aromatic N) is 2. The van der Waals surface area contributed by atoms with E-state index in [-0.39, 0.29) is 12.5 Å². The molecular weight excluding hydrogens is 380 g/mol. The number of oxazole rings is 1. The second-order valence-electron chi connectivity index (χ2n) is 8.40. The van der Waals surface area contributed by atoms with Gasteiger partial charge in [-0.05, 0) is 62.9 Å². The van der Waals surface area contributed by atoms with Crippen molar-refractivity contribution in [2.75, 3.05) is 11.9 Å². The van der Waals surface area contributed by atoms with Gasteiger partial charge in [0.25, 0.3) is 5.91 Å². The maximum atomic E-state index is 12.5. The number of anilines is 1. The number of aryl methyl sites for hydroxylation is 1. The minimum atomic E-state index is -0.563. The fourth-order valence-electron chi connectivity index (χ4n) is 3.16. The molecule has 30 heavy (non-hydrogen) atoms. The third-order valence-electron chi connectivity index (χ3n) is 5.13. The summed E-state index contributed by atoms with van der Waals surface area (Å²) in [6.07, 6.45) is 6.94. The van der Waals surface area contributed by atoms with Gasteiger partial charge in [0.05, 0.1) is 23.9 Å².